The molecule has 1 aliphatic heterocycles. The van der Waals surface area contributed by atoms with E-state index >= 15 is 0 Å². The number of rotatable bonds is 3. The van der Waals surface area contributed by atoms with Gasteiger partial charge in [-0.1, -0.05) is 19.8 Å². The zero-order valence-corrected chi connectivity index (χ0v) is 13.4. The molecule has 6 heteroatoms. The van der Waals surface area contributed by atoms with E-state index in [1.807, 2.05) is 6.20 Å². The van der Waals surface area contributed by atoms with Crippen molar-refractivity contribution in [3.8, 4) is 0 Å². The summed E-state index contributed by atoms with van der Waals surface area (Å²) in [5.74, 6) is 0.686. The molecule has 1 aromatic rings. The lowest BCUT2D eigenvalue weighted by Crippen LogP contribution is -2.44. The summed E-state index contributed by atoms with van der Waals surface area (Å²) in [6.45, 7) is 3.93. The van der Waals surface area contributed by atoms with Crippen LogP contribution in [0.25, 0.3) is 0 Å². The average Bonchev–Trinajstić information content (AvgIpc) is 3.04. The third-order valence-electron chi connectivity index (χ3n) is 4.61. The molecule has 2 atom stereocenters. The van der Waals surface area contributed by atoms with Gasteiger partial charge in [0.25, 0.3) is 0 Å². The Bertz CT molecular complexity index is 479. The Morgan fingerprint density at radius 1 is 1.60 bits per heavy atom. The van der Waals surface area contributed by atoms with E-state index in [-0.39, 0.29) is 23.7 Å². The molecule has 2 fully saturated rings. The number of amides is 1. The molecule has 1 aromatic heterocycles. The summed E-state index contributed by atoms with van der Waals surface area (Å²) in [6, 6.07) is 0. The number of aromatic nitrogens is 1. The molecule has 1 saturated heterocycles. The van der Waals surface area contributed by atoms with Gasteiger partial charge in [0.05, 0.1) is 5.41 Å². The largest absolute Gasteiger partial charge is 0.315 e. The normalized spacial score (nSPS) is 28.6. The Hall–Kier alpha value is -0.650. The van der Waals surface area contributed by atoms with Gasteiger partial charge in [-0.3, -0.25) is 4.79 Å². The van der Waals surface area contributed by atoms with Crippen molar-refractivity contribution in [2.45, 2.75) is 39.0 Å². The van der Waals surface area contributed by atoms with Crippen LogP contribution in [0.4, 0.5) is 5.13 Å². The van der Waals surface area contributed by atoms with Crippen LogP contribution in [0.2, 0.25) is 0 Å². The smallest absolute Gasteiger partial charge is 0.233 e. The minimum atomic E-state index is -0.184. The average molecular weight is 316 g/mol. The molecule has 2 heterocycles. The van der Waals surface area contributed by atoms with E-state index in [0.717, 1.165) is 31.1 Å². The summed E-state index contributed by atoms with van der Waals surface area (Å²) in [6.07, 6.45) is 7.47. The molecule has 3 rings (SSSR count). The highest BCUT2D eigenvalue weighted by molar-refractivity contribution is 7.15. The van der Waals surface area contributed by atoms with Crippen molar-refractivity contribution in [1.82, 2.24) is 10.3 Å². The van der Waals surface area contributed by atoms with Gasteiger partial charge in [0.2, 0.25) is 5.91 Å². The molecule has 0 unspecified atom stereocenters. The second-order valence-electron chi connectivity index (χ2n) is 5.67. The molecule has 4 nitrogen and oxygen atoms in total. The van der Waals surface area contributed by atoms with Gasteiger partial charge in [-0.15, -0.1) is 23.7 Å². The first-order chi connectivity index (χ1) is 9.24. The van der Waals surface area contributed by atoms with Crippen LogP contribution in [0, 0.1) is 11.3 Å². The molecule has 1 amide bonds. The SMILES string of the molecule is CCc1cnc(NC(=O)[C@@]23CCCC[C@H]2CNC3)s1.Cl. The minimum Gasteiger partial charge on any atom is -0.315 e. The third kappa shape index (κ3) is 2.71. The van der Waals surface area contributed by atoms with Gasteiger partial charge < -0.3 is 10.6 Å². The fourth-order valence-electron chi connectivity index (χ4n) is 3.44. The number of nitrogens with zero attached hydrogens (tertiary/aromatic N) is 1. The summed E-state index contributed by atoms with van der Waals surface area (Å²) >= 11 is 1.59. The first-order valence-electron chi connectivity index (χ1n) is 7.21. The van der Waals surface area contributed by atoms with Gasteiger partial charge in [0.1, 0.15) is 0 Å². The van der Waals surface area contributed by atoms with Crippen LogP contribution in [0.1, 0.15) is 37.5 Å². The number of anilines is 1. The van der Waals surface area contributed by atoms with Crippen molar-refractivity contribution in [2.24, 2.45) is 11.3 Å². The lowest BCUT2D eigenvalue weighted by Gasteiger charge is -2.36. The number of hydrogen-bond donors (Lipinski definition) is 2. The predicted octanol–water partition coefficient (Wildman–Crippen LogP) is 2.85. The van der Waals surface area contributed by atoms with Gasteiger partial charge in [-0.05, 0) is 31.7 Å². The van der Waals surface area contributed by atoms with Gasteiger partial charge >= 0.3 is 0 Å². The van der Waals surface area contributed by atoms with E-state index in [1.165, 1.54) is 24.1 Å². The van der Waals surface area contributed by atoms with E-state index in [2.05, 4.69) is 22.5 Å². The molecule has 0 aromatic carbocycles. The quantitative estimate of drug-likeness (QED) is 0.902. The van der Waals surface area contributed by atoms with Crippen LogP contribution in [0.15, 0.2) is 6.20 Å². The van der Waals surface area contributed by atoms with Gasteiger partial charge in [0, 0.05) is 17.6 Å². The van der Waals surface area contributed by atoms with Crippen LogP contribution < -0.4 is 10.6 Å². The highest BCUT2D eigenvalue weighted by Gasteiger charge is 2.49. The third-order valence-corrected chi connectivity index (χ3v) is 5.67. The van der Waals surface area contributed by atoms with Crippen LogP contribution in [-0.4, -0.2) is 24.0 Å². The Morgan fingerprint density at radius 2 is 2.45 bits per heavy atom. The van der Waals surface area contributed by atoms with E-state index in [4.69, 9.17) is 0 Å². The van der Waals surface area contributed by atoms with Crippen molar-refractivity contribution >= 4 is 34.8 Å². The highest BCUT2D eigenvalue weighted by Crippen LogP contribution is 2.44. The molecule has 1 saturated carbocycles. The lowest BCUT2D eigenvalue weighted by atomic mass is 9.68. The number of hydrogen-bond acceptors (Lipinski definition) is 4. The molecular formula is C14H22ClN3OS. The number of fused-ring (bicyclic) bond motifs is 1. The molecule has 2 aliphatic rings. The van der Waals surface area contributed by atoms with Crippen molar-refractivity contribution in [3.05, 3.63) is 11.1 Å². The van der Waals surface area contributed by atoms with Crippen molar-refractivity contribution < 1.29 is 4.79 Å². The summed E-state index contributed by atoms with van der Waals surface area (Å²) in [5.41, 5.74) is -0.184. The maximum atomic E-state index is 12.7. The van der Waals surface area contributed by atoms with Crippen LogP contribution in [0.5, 0.6) is 0 Å². The van der Waals surface area contributed by atoms with Gasteiger partial charge in [-0.25, -0.2) is 4.98 Å². The Morgan fingerprint density at radius 3 is 3.20 bits per heavy atom. The molecule has 2 N–H and O–H groups in total. The second kappa shape index (κ2) is 6.41. The number of aryl methyl sites for hydroxylation is 1. The molecular weight excluding hydrogens is 294 g/mol. The van der Waals surface area contributed by atoms with Crippen LogP contribution in [-0.2, 0) is 11.2 Å². The maximum Gasteiger partial charge on any atom is 0.233 e. The monoisotopic (exact) mass is 315 g/mol. The number of thiazole rings is 1. The fourth-order valence-corrected chi connectivity index (χ4v) is 4.19. The number of halogens is 1. The molecule has 0 bridgehead atoms. The standard InChI is InChI=1S/C14H21N3OS.ClH/c1-2-11-8-16-13(19-11)17-12(18)14-6-4-3-5-10(14)7-15-9-14;/h8,10,15H,2-7,9H2,1H3,(H,16,17,18);1H/t10-,14+;/m0./s1. The first kappa shape index (κ1) is 15.7. The summed E-state index contributed by atoms with van der Waals surface area (Å²) in [4.78, 5) is 18.2. The van der Waals surface area contributed by atoms with Crippen molar-refractivity contribution in [2.75, 3.05) is 18.4 Å². The minimum absolute atomic E-state index is 0. The summed E-state index contributed by atoms with van der Waals surface area (Å²) in [7, 11) is 0. The zero-order chi connectivity index (χ0) is 13.3. The molecule has 0 spiro atoms. The van der Waals surface area contributed by atoms with Gasteiger partial charge in [-0.2, -0.15) is 0 Å². The molecule has 0 radical (unpaired) electrons. The zero-order valence-electron chi connectivity index (χ0n) is 11.8. The number of nitrogens with one attached hydrogen (secondary N) is 2. The number of carbonyl (C=O) groups excluding carboxylic acids is 1. The Labute approximate surface area is 130 Å². The highest BCUT2D eigenvalue weighted by atomic mass is 35.5. The summed E-state index contributed by atoms with van der Waals surface area (Å²) < 4.78 is 0. The van der Waals surface area contributed by atoms with E-state index in [9.17, 15) is 4.79 Å². The predicted molar refractivity (Wildman–Crippen MR) is 84.6 cm³/mol. The maximum absolute atomic E-state index is 12.7. The molecule has 112 valence electrons. The van der Waals surface area contributed by atoms with Crippen LogP contribution in [0.3, 0.4) is 0 Å². The van der Waals surface area contributed by atoms with E-state index in [1.54, 1.807) is 11.3 Å². The lowest BCUT2D eigenvalue weighted by molar-refractivity contribution is -0.128. The first-order valence-corrected chi connectivity index (χ1v) is 8.03. The van der Waals surface area contributed by atoms with Crippen LogP contribution >= 0.6 is 23.7 Å². The fraction of sp³-hybridized carbons (Fsp3) is 0.714. The Balaban J connectivity index is 0.00000147. The van der Waals surface area contributed by atoms with E-state index in [0.29, 0.717) is 5.92 Å². The molecule has 1 aliphatic carbocycles. The van der Waals surface area contributed by atoms with Crippen molar-refractivity contribution in [1.29, 1.82) is 0 Å². The second-order valence-corrected chi connectivity index (χ2v) is 6.78. The van der Waals surface area contributed by atoms with E-state index < -0.39 is 0 Å². The van der Waals surface area contributed by atoms with Crippen molar-refractivity contribution in [3.63, 3.8) is 0 Å². The topological polar surface area (TPSA) is 54.0 Å². The molecule has 20 heavy (non-hydrogen) atoms. The summed E-state index contributed by atoms with van der Waals surface area (Å²) in [5, 5.41) is 7.22. The Kier molecular flexibility index (Phi) is 5.04. The number of carbonyl (C=O) groups is 1. The van der Waals surface area contributed by atoms with Gasteiger partial charge in [0.15, 0.2) is 5.13 Å².